The summed E-state index contributed by atoms with van der Waals surface area (Å²) in [6.07, 6.45) is 0. The minimum absolute atomic E-state index is 0.610. The van der Waals surface area contributed by atoms with Crippen molar-refractivity contribution < 1.29 is 4.42 Å². The van der Waals surface area contributed by atoms with Crippen LogP contribution >= 0.6 is 0 Å². The van der Waals surface area contributed by atoms with Crippen molar-refractivity contribution in [3.8, 4) is 45.6 Å². The Bertz CT molecular complexity index is 3230. The third-order valence-electron chi connectivity index (χ3n) is 10.3. The van der Waals surface area contributed by atoms with Gasteiger partial charge in [0.1, 0.15) is 5.52 Å². The van der Waals surface area contributed by atoms with Gasteiger partial charge in [0.25, 0.3) is 0 Å². The SMILES string of the molecule is c1ccc(-c2nc(-c3ccc4c(ccc5ccccc54)c3)nc(-c3cccc4c3ccc3ccc5ccc6nc(-c7ccccc7)oc6c5c34)n2)cc1. The fourth-order valence-corrected chi connectivity index (χ4v) is 7.77. The summed E-state index contributed by atoms with van der Waals surface area (Å²) >= 11 is 0. The van der Waals surface area contributed by atoms with E-state index in [4.69, 9.17) is 24.4 Å². The van der Waals surface area contributed by atoms with Crippen molar-refractivity contribution in [2.24, 2.45) is 0 Å². The summed E-state index contributed by atoms with van der Waals surface area (Å²) in [5.74, 6) is 2.49. The van der Waals surface area contributed by atoms with E-state index in [9.17, 15) is 0 Å². The Kier molecular flexibility index (Phi) is 6.48. The minimum Gasteiger partial charge on any atom is -0.435 e. The lowest BCUT2D eigenvalue weighted by Crippen LogP contribution is -2.00. The molecule has 2 aromatic heterocycles. The highest BCUT2D eigenvalue weighted by atomic mass is 16.3. The molecule has 0 radical (unpaired) electrons. The second-order valence-electron chi connectivity index (χ2n) is 13.4. The Morgan fingerprint density at radius 3 is 1.79 bits per heavy atom. The molecule has 5 nitrogen and oxygen atoms in total. The van der Waals surface area contributed by atoms with Gasteiger partial charge in [0, 0.05) is 33.0 Å². The predicted molar refractivity (Wildman–Crippen MR) is 217 cm³/mol. The maximum Gasteiger partial charge on any atom is 0.227 e. The second-order valence-corrected chi connectivity index (χ2v) is 13.4. The van der Waals surface area contributed by atoms with Gasteiger partial charge in [0.2, 0.25) is 5.89 Å². The fourth-order valence-electron chi connectivity index (χ4n) is 7.77. The van der Waals surface area contributed by atoms with Crippen molar-refractivity contribution in [3.05, 3.63) is 170 Å². The van der Waals surface area contributed by atoms with Crippen LogP contribution in [0.15, 0.2) is 174 Å². The molecule has 0 amide bonds. The third kappa shape index (κ3) is 4.79. The van der Waals surface area contributed by atoms with Crippen LogP contribution in [-0.2, 0) is 0 Å². The average Bonchev–Trinajstić information content (AvgIpc) is 3.68. The fraction of sp³-hybridized carbons (Fsp3) is 0. The molecule has 0 fully saturated rings. The third-order valence-corrected chi connectivity index (χ3v) is 10.3. The number of aromatic nitrogens is 4. The van der Waals surface area contributed by atoms with Crippen molar-refractivity contribution in [3.63, 3.8) is 0 Å². The largest absolute Gasteiger partial charge is 0.435 e. The lowest BCUT2D eigenvalue weighted by Gasteiger charge is -2.13. The van der Waals surface area contributed by atoms with Gasteiger partial charge in [-0.15, -0.1) is 0 Å². The summed E-state index contributed by atoms with van der Waals surface area (Å²) in [6, 6.07) is 58.8. The van der Waals surface area contributed by atoms with Crippen molar-refractivity contribution in [2.45, 2.75) is 0 Å². The number of oxazole rings is 1. The molecule has 0 spiro atoms. The molecule has 53 heavy (non-hydrogen) atoms. The first-order valence-electron chi connectivity index (χ1n) is 17.7. The first-order valence-corrected chi connectivity index (χ1v) is 17.7. The summed E-state index contributed by atoms with van der Waals surface area (Å²) < 4.78 is 6.58. The number of fused-ring (bicyclic) bond motifs is 10. The molecular formula is C48H28N4O. The van der Waals surface area contributed by atoms with Gasteiger partial charge in [-0.05, 0) is 67.4 Å². The summed E-state index contributed by atoms with van der Waals surface area (Å²) in [4.78, 5) is 20.3. The van der Waals surface area contributed by atoms with Crippen LogP contribution < -0.4 is 0 Å². The van der Waals surface area contributed by atoms with Gasteiger partial charge in [-0.1, -0.05) is 146 Å². The molecule has 0 unspecified atom stereocenters. The molecule has 246 valence electrons. The first kappa shape index (κ1) is 29.5. The van der Waals surface area contributed by atoms with Crippen LogP contribution in [-0.4, -0.2) is 19.9 Å². The molecule has 0 aliphatic heterocycles. The van der Waals surface area contributed by atoms with Gasteiger partial charge in [-0.2, -0.15) is 0 Å². The maximum absolute atomic E-state index is 6.58. The molecule has 0 aliphatic rings. The van der Waals surface area contributed by atoms with Crippen molar-refractivity contribution in [1.82, 2.24) is 19.9 Å². The van der Waals surface area contributed by atoms with E-state index in [0.29, 0.717) is 23.4 Å². The van der Waals surface area contributed by atoms with Gasteiger partial charge in [0.05, 0.1) is 0 Å². The normalized spacial score (nSPS) is 11.8. The van der Waals surface area contributed by atoms with Crippen LogP contribution in [0.2, 0.25) is 0 Å². The molecule has 2 heterocycles. The Labute approximate surface area is 303 Å². The van der Waals surface area contributed by atoms with Crippen molar-refractivity contribution in [1.29, 1.82) is 0 Å². The Hall–Kier alpha value is -7.24. The monoisotopic (exact) mass is 676 g/mol. The maximum atomic E-state index is 6.58. The van der Waals surface area contributed by atoms with Gasteiger partial charge in [-0.25, -0.2) is 19.9 Å². The standard InChI is InChI=1S/C48H28N4O/c1-3-11-32(12-4-1)45-50-46(35-23-25-37-34(28-35)21-18-29-10-7-8-15-36(29)37)52-47(51-45)40-17-9-16-39-38(40)26-22-30-19-20-31-24-27-41-44(43(31)42(30)39)53-48(49-41)33-13-5-2-6-14-33/h1-28H. The smallest absolute Gasteiger partial charge is 0.227 e. The molecule has 9 aromatic carbocycles. The summed E-state index contributed by atoms with van der Waals surface area (Å²) in [5, 5.41) is 11.3. The van der Waals surface area contributed by atoms with Crippen LogP contribution in [0.1, 0.15) is 0 Å². The molecule has 0 N–H and O–H groups in total. The lowest BCUT2D eigenvalue weighted by molar-refractivity contribution is 0.623. The predicted octanol–water partition coefficient (Wildman–Crippen LogP) is 12.4. The lowest BCUT2D eigenvalue weighted by atomic mass is 9.93. The van der Waals surface area contributed by atoms with E-state index < -0.39 is 0 Å². The highest BCUT2D eigenvalue weighted by Gasteiger charge is 2.19. The topological polar surface area (TPSA) is 64.7 Å². The van der Waals surface area contributed by atoms with Crippen molar-refractivity contribution in [2.75, 3.05) is 0 Å². The van der Waals surface area contributed by atoms with E-state index in [1.807, 2.05) is 66.7 Å². The number of nitrogens with zero attached hydrogens (tertiary/aromatic N) is 4. The minimum atomic E-state index is 0.610. The Morgan fingerprint density at radius 1 is 0.340 bits per heavy atom. The van der Waals surface area contributed by atoms with E-state index in [1.54, 1.807) is 0 Å². The van der Waals surface area contributed by atoms with Crippen LogP contribution in [0.5, 0.6) is 0 Å². The quantitative estimate of drug-likeness (QED) is 0.174. The average molecular weight is 677 g/mol. The Balaban J connectivity index is 1.15. The summed E-state index contributed by atoms with van der Waals surface area (Å²) in [5.41, 5.74) is 5.36. The number of hydrogen-bond donors (Lipinski definition) is 0. The van der Waals surface area contributed by atoms with Gasteiger partial charge in [0.15, 0.2) is 23.1 Å². The highest BCUT2D eigenvalue weighted by molar-refractivity contribution is 6.27. The van der Waals surface area contributed by atoms with Gasteiger partial charge in [-0.3, -0.25) is 0 Å². The number of rotatable bonds is 4. The Morgan fingerprint density at radius 2 is 0.943 bits per heavy atom. The molecule has 0 bridgehead atoms. The molecule has 0 saturated carbocycles. The molecule has 0 atom stereocenters. The van der Waals surface area contributed by atoms with E-state index in [-0.39, 0.29) is 0 Å². The zero-order valence-corrected chi connectivity index (χ0v) is 28.4. The molecule has 11 rings (SSSR count). The summed E-state index contributed by atoms with van der Waals surface area (Å²) in [6.45, 7) is 0. The molecule has 0 aliphatic carbocycles. The van der Waals surface area contributed by atoms with Crippen LogP contribution in [0, 0.1) is 0 Å². The van der Waals surface area contributed by atoms with Gasteiger partial charge >= 0.3 is 0 Å². The number of benzene rings is 9. The van der Waals surface area contributed by atoms with E-state index in [2.05, 4.69) is 103 Å². The molecule has 0 saturated heterocycles. The number of hydrogen-bond acceptors (Lipinski definition) is 5. The van der Waals surface area contributed by atoms with Gasteiger partial charge < -0.3 is 4.42 Å². The van der Waals surface area contributed by atoms with Crippen LogP contribution in [0.3, 0.4) is 0 Å². The zero-order valence-electron chi connectivity index (χ0n) is 28.4. The van der Waals surface area contributed by atoms with Crippen LogP contribution in [0.25, 0.3) is 111 Å². The summed E-state index contributed by atoms with van der Waals surface area (Å²) in [7, 11) is 0. The van der Waals surface area contributed by atoms with Crippen molar-refractivity contribution >= 4 is 65.0 Å². The van der Waals surface area contributed by atoms with E-state index >= 15 is 0 Å². The van der Waals surface area contributed by atoms with E-state index in [1.165, 1.54) is 16.2 Å². The van der Waals surface area contributed by atoms with Crippen LogP contribution in [0.4, 0.5) is 0 Å². The molecular weight excluding hydrogens is 649 g/mol. The van der Waals surface area contributed by atoms with E-state index in [0.717, 1.165) is 71.1 Å². The molecule has 11 aromatic rings. The second kappa shape index (κ2) is 11.7. The zero-order chi connectivity index (χ0) is 34.9. The highest BCUT2D eigenvalue weighted by Crippen LogP contribution is 2.40. The first-order chi connectivity index (χ1) is 26.2. The molecule has 5 heteroatoms.